The van der Waals surface area contributed by atoms with Crippen LogP contribution in [-0.4, -0.2) is 10.1 Å². The summed E-state index contributed by atoms with van der Waals surface area (Å²) < 4.78 is 10.8. The van der Waals surface area contributed by atoms with Gasteiger partial charge in [0.25, 0.3) is 0 Å². The van der Waals surface area contributed by atoms with Crippen LogP contribution in [-0.2, 0) is 6.61 Å². The molecular weight excluding hydrogens is 373 g/mol. The number of hydrogen-bond acceptors (Lipinski definition) is 5. The summed E-state index contributed by atoms with van der Waals surface area (Å²) in [5.74, 6) is 0.690. The number of benzene rings is 2. The molecule has 0 aliphatic carbocycles. The highest BCUT2D eigenvalue weighted by Gasteiger charge is 2.09. The third kappa shape index (κ3) is 4.45. The van der Waals surface area contributed by atoms with Gasteiger partial charge in [-0.15, -0.1) is 0 Å². The van der Waals surface area contributed by atoms with Gasteiger partial charge in [0.05, 0.1) is 17.3 Å². The lowest BCUT2D eigenvalue weighted by Gasteiger charge is -2.09. The van der Waals surface area contributed by atoms with Crippen LogP contribution in [0.5, 0.6) is 5.75 Å². The van der Waals surface area contributed by atoms with Gasteiger partial charge in [-0.2, -0.15) is 0 Å². The van der Waals surface area contributed by atoms with Gasteiger partial charge in [0, 0.05) is 28.0 Å². The lowest BCUT2D eigenvalue weighted by Crippen LogP contribution is -1.97. The van der Waals surface area contributed by atoms with Gasteiger partial charge in [0.15, 0.2) is 5.58 Å². The van der Waals surface area contributed by atoms with Gasteiger partial charge >= 0.3 is 0 Å². The summed E-state index contributed by atoms with van der Waals surface area (Å²) in [6.45, 7) is 0.294. The molecule has 2 aromatic heterocycles. The zero-order valence-corrected chi connectivity index (χ0v) is 15.1. The summed E-state index contributed by atoms with van der Waals surface area (Å²) in [5.41, 5.74) is 7.45. The molecule has 2 aromatic carbocycles. The molecule has 0 bridgehead atoms. The van der Waals surface area contributed by atoms with Crippen LogP contribution in [0, 0.1) is 0 Å². The minimum absolute atomic E-state index is 0.294. The molecule has 2 N–H and O–H groups in total. The first-order valence-electron chi connectivity index (χ1n) is 7.70. The molecule has 5 nitrogen and oxygen atoms in total. The first-order chi connectivity index (χ1) is 12.6. The molecule has 7 heteroatoms. The van der Waals surface area contributed by atoms with E-state index in [1.807, 2.05) is 18.2 Å². The molecule has 0 amide bonds. The summed E-state index contributed by atoms with van der Waals surface area (Å²) >= 11 is 12.2. The molecule has 0 radical (unpaired) electrons. The number of rotatable bonds is 3. The Bertz CT molecular complexity index is 970. The maximum atomic E-state index is 6.10. The van der Waals surface area contributed by atoms with Crippen LogP contribution in [0.1, 0.15) is 5.56 Å². The number of halogens is 2. The van der Waals surface area contributed by atoms with Crippen molar-refractivity contribution in [1.82, 2.24) is 10.1 Å². The number of hydrogen-bond donors (Lipinski definition) is 1. The lowest BCUT2D eigenvalue weighted by molar-refractivity contribution is 0.310. The molecule has 0 atom stereocenters. The summed E-state index contributed by atoms with van der Waals surface area (Å²) in [6.07, 6.45) is 4.93. The predicted molar refractivity (Wildman–Crippen MR) is 103 cm³/mol. The number of nitrogens with two attached hydrogens (primary N) is 1. The van der Waals surface area contributed by atoms with E-state index in [1.165, 1.54) is 0 Å². The van der Waals surface area contributed by atoms with Crippen molar-refractivity contribution in [2.24, 2.45) is 0 Å². The molecule has 0 saturated heterocycles. The number of aromatic nitrogens is 2. The first-order valence-corrected chi connectivity index (χ1v) is 8.45. The maximum absolute atomic E-state index is 6.10. The highest BCUT2D eigenvalue weighted by atomic mass is 35.5. The monoisotopic (exact) mass is 387 g/mol. The maximum Gasteiger partial charge on any atom is 0.170 e. The smallest absolute Gasteiger partial charge is 0.170 e. The van der Waals surface area contributed by atoms with Crippen LogP contribution in [0.15, 0.2) is 71.6 Å². The van der Waals surface area contributed by atoms with Crippen molar-refractivity contribution in [1.29, 1.82) is 0 Å². The van der Waals surface area contributed by atoms with E-state index in [0.29, 0.717) is 33.7 Å². The average Bonchev–Trinajstić information content (AvgIpc) is 3.12. The Morgan fingerprint density at radius 1 is 0.962 bits per heavy atom. The number of anilines is 1. The third-order valence-electron chi connectivity index (χ3n) is 3.48. The number of nitrogen functional groups attached to an aromatic ring is 1. The van der Waals surface area contributed by atoms with E-state index in [1.54, 1.807) is 48.9 Å². The molecule has 26 heavy (non-hydrogen) atoms. The average molecular weight is 388 g/mol. The van der Waals surface area contributed by atoms with Gasteiger partial charge in [0.2, 0.25) is 0 Å². The molecule has 0 fully saturated rings. The van der Waals surface area contributed by atoms with Crippen molar-refractivity contribution >= 4 is 39.9 Å². The molecule has 132 valence electrons. The Morgan fingerprint density at radius 3 is 2.38 bits per heavy atom. The van der Waals surface area contributed by atoms with Crippen LogP contribution in [0.2, 0.25) is 10.0 Å². The quantitative estimate of drug-likeness (QED) is 0.510. The van der Waals surface area contributed by atoms with Crippen molar-refractivity contribution < 1.29 is 9.26 Å². The van der Waals surface area contributed by atoms with Crippen molar-refractivity contribution in [3.05, 3.63) is 82.7 Å². The molecular formula is C19H15Cl2N3O2. The second kappa shape index (κ2) is 8.56. The molecule has 0 saturated carbocycles. The molecule has 0 unspecified atom stereocenters. The van der Waals surface area contributed by atoms with Crippen molar-refractivity contribution in [2.45, 2.75) is 6.61 Å². The fourth-order valence-corrected chi connectivity index (χ4v) is 2.70. The Kier molecular flexibility index (Phi) is 5.94. The number of pyridine rings is 1. The van der Waals surface area contributed by atoms with Crippen LogP contribution in [0.4, 0.5) is 5.69 Å². The summed E-state index contributed by atoms with van der Waals surface area (Å²) in [4.78, 5) is 3.76. The van der Waals surface area contributed by atoms with E-state index in [4.69, 9.17) is 38.2 Å². The van der Waals surface area contributed by atoms with Crippen molar-refractivity contribution in [3.8, 4) is 5.75 Å². The van der Waals surface area contributed by atoms with Gasteiger partial charge in [-0.25, -0.2) is 0 Å². The number of ether oxygens (including phenoxy) is 1. The van der Waals surface area contributed by atoms with Crippen LogP contribution < -0.4 is 10.5 Å². The Labute approximate surface area is 160 Å². The van der Waals surface area contributed by atoms with Gasteiger partial charge in [-0.1, -0.05) is 40.5 Å². The minimum Gasteiger partial charge on any atom is -0.488 e. The first kappa shape index (κ1) is 18.0. The summed E-state index contributed by atoms with van der Waals surface area (Å²) in [7, 11) is 0. The lowest BCUT2D eigenvalue weighted by atomic mass is 10.2. The molecule has 0 aliphatic heterocycles. The normalized spacial score (nSPS) is 10.2. The SMILES string of the molecule is Clc1cccc(Cl)c1COc1cccc2oncc12.Nc1cccnc1. The van der Waals surface area contributed by atoms with Gasteiger partial charge in [-0.05, 0) is 36.4 Å². The number of fused-ring (bicyclic) bond motifs is 1. The van der Waals surface area contributed by atoms with Crippen LogP contribution >= 0.6 is 23.2 Å². The Hall–Kier alpha value is -2.76. The van der Waals surface area contributed by atoms with E-state index < -0.39 is 0 Å². The van der Waals surface area contributed by atoms with Gasteiger partial charge in [-0.3, -0.25) is 4.98 Å². The Balaban J connectivity index is 0.000000236. The second-order valence-electron chi connectivity index (χ2n) is 5.27. The van der Waals surface area contributed by atoms with Crippen molar-refractivity contribution in [2.75, 3.05) is 5.73 Å². The highest BCUT2D eigenvalue weighted by molar-refractivity contribution is 6.35. The largest absolute Gasteiger partial charge is 0.488 e. The molecule has 2 heterocycles. The van der Waals surface area contributed by atoms with E-state index in [9.17, 15) is 0 Å². The Morgan fingerprint density at radius 2 is 1.73 bits per heavy atom. The molecule has 0 spiro atoms. The van der Waals surface area contributed by atoms with E-state index in [0.717, 1.165) is 10.9 Å². The molecule has 0 aliphatic rings. The minimum atomic E-state index is 0.294. The van der Waals surface area contributed by atoms with Crippen molar-refractivity contribution in [3.63, 3.8) is 0 Å². The van der Waals surface area contributed by atoms with Gasteiger partial charge < -0.3 is 15.0 Å². The summed E-state index contributed by atoms with van der Waals surface area (Å²) in [5, 5.41) is 5.75. The van der Waals surface area contributed by atoms with Crippen LogP contribution in [0.25, 0.3) is 11.0 Å². The third-order valence-corrected chi connectivity index (χ3v) is 4.19. The van der Waals surface area contributed by atoms with E-state index in [2.05, 4.69) is 10.1 Å². The molecule has 4 rings (SSSR count). The summed E-state index contributed by atoms with van der Waals surface area (Å²) in [6, 6.07) is 14.5. The standard InChI is InChI=1S/C14H9Cl2NO2.C5H6N2/c15-11-3-1-4-12(16)10(11)8-18-13-5-2-6-14-9(13)7-17-19-14;6-5-2-1-3-7-4-5/h1-7H,8H2;1-4H,6H2. The predicted octanol–water partition coefficient (Wildman–Crippen LogP) is 5.38. The fraction of sp³-hybridized carbons (Fsp3) is 0.0526. The molecule has 4 aromatic rings. The fourth-order valence-electron chi connectivity index (χ4n) is 2.19. The van der Waals surface area contributed by atoms with E-state index in [-0.39, 0.29) is 0 Å². The highest BCUT2D eigenvalue weighted by Crippen LogP contribution is 2.29. The van der Waals surface area contributed by atoms with Crippen LogP contribution in [0.3, 0.4) is 0 Å². The topological polar surface area (TPSA) is 74.2 Å². The zero-order valence-electron chi connectivity index (χ0n) is 13.6. The second-order valence-corrected chi connectivity index (χ2v) is 6.08. The zero-order chi connectivity index (χ0) is 18.4. The number of nitrogens with zero attached hydrogens (tertiary/aromatic N) is 2. The van der Waals surface area contributed by atoms with Gasteiger partial charge in [0.1, 0.15) is 12.4 Å². The van der Waals surface area contributed by atoms with E-state index >= 15 is 0 Å².